The molecule has 2 aromatic carbocycles. The summed E-state index contributed by atoms with van der Waals surface area (Å²) in [5, 5.41) is 10.7. The van der Waals surface area contributed by atoms with E-state index in [1.54, 1.807) is 0 Å². The second-order valence-corrected chi connectivity index (χ2v) is 6.85. The van der Waals surface area contributed by atoms with E-state index < -0.39 is 5.97 Å². The first-order chi connectivity index (χ1) is 11.4. The molecule has 0 spiro atoms. The van der Waals surface area contributed by atoms with Gasteiger partial charge in [-0.3, -0.25) is 4.79 Å². The maximum absolute atomic E-state index is 11.4. The second kappa shape index (κ2) is 6.33. The lowest BCUT2D eigenvalue weighted by molar-refractivity contribution is -0.136. The van der Waals surface area contributed by atoms with Crippen LogP contribution in [0.4, 0.5) is 0 Å². The molecule has 1 heterocycles. The van der Waals surface area contributed by atoms with Gasteiger partial charge in [-0.25, -0.2) is 0 Å². The first-order valence-electron chi connectivity index (χ1n) is 8.00. The summed E-state index contributed by atoms with van der Waals surface area (Å²) in [4.78, 5) is 14.8. The molecule has 124 valence electrons. The number of fused-ring (bicyclic) bond motifs is 1. The fourth-order valence-electron chi connectivity index (χ4n) is 3.07. The monoisotopic (exact) mass is 341 g/mol. The van der Waals surface area contributed by atoms with E-state index in [-0.39, 0.29) is 6.42 Å². The lowest BCUT2D eigenvalue weighted by atomic mass is 9.98. The Labute approximate surface area is 146 Å². The second-order valence-electron chi connectivity index (χ2n) is 6.44. The molecule has 0 amide bonds. The molecule has 24 heavy (non-hydrogen) atoms. The van der Waals surface area contributed by atoms with Crippen LogP contribution in [0.1, 0.15) is 36.5 Å². The molecule has 0 aliphatic carbocycles. The highest BCUT2D eigenvalue weighted by Gasteiger charge is 2.19. The van der Waals surface area contributed by atoms with Crippen LogP contribution in [0.3, 0.4) is 0 Å². The fraction of sp³-hybridized carbons (Fsp3) is 0.250. The number of aryl methyl sites for hydroxylation is 1. The summed E-state index contributed by atoms with van der Waals surface area (Å²) in [5.74, 6) is -0.412. The van der Waals surface area contributed by atoms with Crippen LogP contribution in [0.5, 0.6) is 0 Å². The first kappa shape index (κ1) is 16.6. The molecule has 3 aromatic rings. The van der Waals surface area contributed by atoms with Gasteiger partial charge in [-0.1, -0.05) is 55.8 Å². The van der Waals surface area contributed by atoms with E-state index in [2.05, 4.69) is 31.0 Å². The molecule has 0 fully saturated rings. The highest BCUT2D eigenvalue weighted by Crippen LogP contribution is 2.36. The van der Waals surface area contributed by atoms with Crippen molar-refractivity contribution in [2.24, 2.45) is 0 Å². The van der Waals surface area contributed by atoms with Gasteiger partial charge in [0.25, 0.3) is 0 Å². The van der Waals surface area contributed by atoms with E-state index in [1.165, 1.54) is 5.56 Å². The number of halogens is 1. The Kier molecular flexibility index (Phi) is 4.37. The molecule has 0 saturated carbocycles. The maximum atomic E-state index is 11.4. The van der Waals surface area contributed by atoms with E-state index in [1.807, 2.05) is 31.2 Å². The number of aliphatic carboxylic acids is 1. The van der Waals surface area contributed by atoms with Crippen LogP contribution in [0.15, 0.2) is 36.4 Å². The van der Waals surface area contributed by atoms with Crippen LogP contribution in [0, 0.1) is 6.92 Å². The van der Waals surface area contributed by atoms with E-state index in [0.29, 0.717) is 10.9 Å². The number of hydrogen-bond donors (Lipinski definition) is 2. The SMILES string of the molecule is Cc1ccc(Cl)c2c(CC(=O)O)c(-c3ccc(C(C)C)cc3)[nH]c12. The van der Waals surface area contributed by atoms with Gasteiger partial charge in [0.2, 0.25) is 0 Å². The van der Waals surface area contributed by atoms with Gasteiger partial charge in [-0.05, 0) is 41.2 Å². The van der Waals surface area contributed by atoms with Crippen LogP contribution in [-0.4, -0.2) is 16.1 Å². The molecule has 3 rings (SSSR count). The zero-order valence-electron chi connectivity index (χ0n) is 14.0. The van der Waals surface area contributed by atoms with Crippen molar-refractivity contribution in [3.63, 3.8) is 0 Å². The predicted molar refractivity (Wildman–Crippen MR) is 98.9 cm³/mol. The third-order valence-corrected chi connectivity index (χ3v) is 4.73. The minimum Gasteiger partial charge on any atom is -0.481 e. The highest BCUT2D eigenvalue weighted by atomic mass is 35.5. The molecule has 0 atom stereocenters. The average Bonchev–Trinajstić information content (AvgIpc) is 2.91. The first-order valence-corrected chi connectivity index (χ1v) is 8.38. The van der Waals surface area contributed by atoms with Crippen molar-refractivity contribution in [1.29, 1.82) is 0 Å². The van der Waals surface area contributed by atoms with Crippen molar-refractivity contribution in [3.05, 3.63) is 58.1 Å². The van der Waals surface area contributed by atoms with E-state index in [0.717, 1.165) is 33.3 Å². The number of carboxylic acids is 1. The normalized spacial score (nSPS) is 11.4. The van der Waals surface area contributed by atoms with Crippen LogP contribution in [-0.2, 0) is 11.2 Å². The Bertz CT molecular complexity index is 908. The highest BCUT2D eigenvalue weighted by molar-refractivity contribution is 6.36. The number of aromatic amines is 1. The number of hydrogen-bond acceptors (Lipinski definition) is 1. The zero-order chi connectivity index (χ0) is 17.4. The molecular formula is C20H20ClNO2. The van der Waals surface area contributed by atoms with Crippen molar-refractivity contribution in [3.8, 4) is 11.3 Å². The standard InChI is InChI=1S/C20H20ClNO2/c1-11(2)13-5-7-14(8-6-13)20-15(10-17(23)24)18-16(21)9-4-12(3)19(18)22-20/h4-9,11,22H,10H2,1-3H3,(H,23,24). The summed E-state index contributed by atoms with van der Waals surface area (Å²) in [7, 11) is 0. The van der Waals surface area contributed by atoms with E-state index >= 15 is 0 Å². The summed E-state index contributed by atoms with van der Waals surface area (Å²) in [6.45, 7) is 6.29. The summed E-state index contributed by atoms with van der Waals surface area (Å²) in [5.41, 5.74) is 5.75. The Balaban J connectivity index is 2.24. The molecule has 3 nitrogen and oxygen atoms in total. The van der Waals surface area contributed by atoms with Crippen LogP contribution in [0.25, 0.3) is 22.2 Å². The number of benzene rings is 2. The third kappa shape index (κ3) is 2.92. The summed E-state index contributed by atoms with van der Waals surface area (Å²) < 4.78 is 0. The van der Waals surface area contributed by atoms with E-state index in [4.69, 9.17) is 11.6 Å². The van der Waals surface area contributed by atoms with Gasteiger partial charge in [0, 0.05) is 5.39 Å². The number of carbonyl (C=O) groups is 1. The van der Waals surface area contributed by atoms with Gasteiger partial charge in [-0.15, -0.1) is 0 Å². The Morgan fingerprint density at radius 2 is 1.83 bits per heavy atom. The molecule has 4 heteroatoms. The van der Waals surface area contributed by atoms with Crippen LogP contribution >= 0.6 is 11.6 Å². The largest absolute Gasteiger partial charge is 0.481 e. The molecule has 0 aliphatic heterocycles. The van der Waals surface area contributed by atoms with Crippen molar-refractivity contribution >= 4 is 28.5 Å². The number of aromatic nitrogens is 1. The Morgan fingerprint density at radius 1 is 1.17 bits per heavy atom. The van der Waals surface area contributed by atoms with Gasteiger partial charge in [0.05, 0.1) is 22.7 Å². The van der Waals surface area contributed by atoms with Crippen LogP contribution in [0.2, 0.25) is 5.02 Å². The zero-order valence-corrected chi connectivity index (χ0v) is 14.7. The van der Waals surface area contributed by atoms with Crippen molar-refractivity contribution in [2.45, 2.75) is 33.1 Å². The quantitative estimate of drug-likeness (QED) is 0.653. The molecule has 0 saturated heterocycles. The topological polar surface area (TPSA) is 53.1 Å². The number of rotatable bonds is 4. The fourth-order valence-corrected chi connectivity index (χ4v) is 3.34. The molecule has 0 unspecified atom stereocenters. The van der Waals surface area contributed by atoms with Crippen molar-refractivity contribution in [1.82, 2.24) is 4.98 Å². The summed E-state index contributed by atoms with van der Waals surface area (Å²) in [6.07, 6.45) is -0.0650. The summed E-state index contributed by atoms with van der Waals surface area (Å²) >= 11 is 6.37. The molecular weight excluding hydrogens is 322 g/mol. The Morgan fingerprint density at radius 3 is 2.42 bits per heavy atom. The van der Waals surface area contributed by atoms with Gasteiger partial charge < -0.3 is 10.1 Å². The maximum Gasteiger partial charge on any atom is 0.307 e. The lowest BCUT2D eigenvalue weighted by Crippen LogP contribution is -2.01. The Hall–Kier alpha value is -2.26. The van der Waals surface area contributed by atoms with Crippen LogP contribution < -0.4 is 0 Å². The lowest BCUT2D eigenvalue weighted by Gasteiger charge is -2.08. The number of carboxylic acid groups (broad SMARTS) is 1. The van der Waals surface area contributed by atoms with Crippen molar-refractivity contribution in [2.75, 3.05) is 0 Å². The minimum atomic E-state index is -0.867. The predicted octanol–water partition coefficient (Wildman–Crippen LogP) is 5.55. The number of H-pyrrole nitrogens is 1. The average molecular weight is 342 g/mol. The molecule has 2 N–H and O–H groups in total. The van der Waals surface area contributed by atoms with Gasteiger partial charge in [0.15, 0.2) is 0 Å². The summed E-state index contributed by atoms with van der Waals surface area (Å²) in [6, 6.07) is 12.0. The smallest absolute Gasteiger partial charge is 0.307 e. The third-order valence-electron chi connectivity index (χ3n) is 4.41. The molecule has 0 radical (unpaired) electrons. The van der Waals surface area contributed by atoms with Gasteiger partial charge >= 0.3 is 5.97 Å². The molecule has 1 aromatic heterocycles. The number of nitrogens with one attached hydrogen (secondary N) is 1. The molecule has 0 aliphatic rings. The van der Waals surface area contributed by atoms with E-state index in [9.17, 15) is 9.90 Å². The molecule has 0 bridgehead atoms. The van der Waals surface area contributed by atoms with Crippen molar-refractivity contribution < 1.29 is 9.90 Å². The van der Waals surface area contributed by atoms with Gasteiger partial charge in [0.1, 0.15) is 0 Å². The van der Waals surface area contributed by atoms with Gasteiger partial charge in [-0.2, -0.15) is 0 Å². The minimum absolute atomic E-state index is 0.0650.